The van der Waals surface area contributed by atoms with E-state index in [1.165, 1.54) is 0 Å². The summed E-state index contributed by atoms with van der Waals surface area (Å²) in [4.78, 5) is 33.7. The number of rotatable bonds is 7. The van der Waals surface area contributed by atoms with Gasteiger partial charge in [0.05, 0.1) is 5.56 Å². The molecule has 0 saturated heterocycles. The number of hydrogen-bond donors (Lipinski definition) is 3. The molecule has 1 aromatic carbocycles. The number of halogens is 2. The number of aliphatic carboxylic acids is 2. The molecule has 0 aliphatic rings. The summed E-state index contributed by atoms with van der Waals surface area (Å²) in [5.41, 5.74) is 0.339. The molecular formula is C13H13BrINO5. The topological polar surface area (TPSA) is 104 Å². The van der Waals surface area contributed by atoms with Crippen LogP contribution in [0.4, 0.5) is 0 Å². The second-order valence-corrected chi connectivity index (χ2v) is 6.37. The Morgan fingerprint density at radius 2 is 1.95 bits per heavy atom. The fourth-order valence-corrected chi connectivity index (χ4v) is 2.54. The average Bonchev–Trinajstić information content (AvgIpc) is 2.39. The molecule has 0 radical (unpaired) electrons. The number of carboxylic acids is 2. The standard InChI is InChI=1S/C13H13BrINO5/c14-9-5-4-7(15)6-8(9)12(19)16-10(13(20)21)2-1-3-11(17)18/h4-6,10H,1-3H2,(H,16,19)(H,17,18)(H,20,21)/t10-/m1/s1. The van der Waals surface area contributed by atoms with Crippen LogP contribution in [0.15, 0.2) is 22.7 Å². The number of carbonyl (C=O) groups is 3. The van der Waals surface area contributed by atoms with E-state index in [9.17, 15) is 14.4 Å². The third-order valence-electron chi connectivity index (χ3n) is 2.66. The predicted octanol–water partition coefficient (Wildman–Crippen LogP) is 2.49. The van der Waals surface area contributed by atoms with Gasteiger partial charge in [0.25, 0.3) is 5.91 Å². The Bertz CT molecular complexity index is 563. The molecule has 1 amide bonds. The van der Waals surface area contributed by atoms with Crippen LogP contribution in [0.1, 0.15) is 29.6 Å². The van der Waals surface area contributed by atoms with Crippen molar-refractivity contribution in [2.75, 3.05) is 0 Å². The smallest absolute Gasteiger partial charge is 0.326 e. The van der Waals surface area contributed by atoms with E-state index in [0.717, 1.165) is 3.57 Å². The van der Waals surface area contributed by atoms with E-state index in [4.69, 9.17) is 10.2 Å². The molecule has 21 heavy (non-hydrogen) atoms. The zero-order valence-electron chi connectivity index (χ0n) is 10.8. The van der Waals surface area contributed by atoms with Crippen molar-refractivity contribution < 1.29 is 24.6 Å². The van der Waals surface area contributed by atoms with E-state index in [2.05, 4.69) is 21.2 Å². The quantitative estimate of drug-likeness (QED) is 0.532. The molecule has 0 aromatic heterocycles. The highest BCUT2D eigenvalue weighted by atomic mass is 127. The monoisotopic (exact) mass is 469 g/mol. The van der Waals surface area contributed by atoms with Gasteiger partial charge < -0.3 is 15.5 Å². The van der Waals surface area contributed by atoms with Gasteiger partial charge in [-0.05, 0) is 69.6 Å². The van der Waals surface area contributed by atoms with Gasteiger partial charge in [-0.15, -0.1) is 0 Å². The summed E-state index contributed by atoms with van der Waals surface area (Å²) < 4.78 is 1.41. The summed E-state index contributed by atoms with van der Waals surface area (Å²) in [5, 5.41) is 20.0. The molecule has 1 rings (SSSR count). The van der Waals surface area contributed by atoms with Crippen molar-refractivity contribution in [2.45, 2.75) is 25.3 Å². The largest absolute Gasteiger partial charge is 0.481 e. The first-order chi connectivity index (χ1) is 9.81. The van der Waals surface area contributed by atoms with Gasteiger partial charge in [-0.1, -0.05) is 0 Å². The van der Waals surface area contributed by atoms with Gasteiger partial charge in [0.2, 0.25) is 0 Å². The lowest BCUT2D eigenvalue weighted by Crippen LogP contribution is -2.41. The Morgan fingerprint density at radius 1 is 1.29 bits per heavy atom. The van der Waals surface area contributed by atoms with Crippen LogP contribution in [-0.4, -0.2) is 34.1 Å². The summed E-state index contributed by atoms with van der Waals surface area (Å²) >= 11 is 5.29. The van der Waals surface area contributed by atoms with E-state index >= 15 is 0 Å². The van der Waals surface area contributed by atoms with Crippen molar-refractivity contribution in [1.29, 1.82) is 0 Å². The van der Waals surface area contributed by atoms with E-state index in [1.807, 2.05) is 28.7 Å². The van der Waals surface area contributed by atoms with Crippen LogP contribution in [0.5, 0.6) is 0 Å². The zero-order valence-corrected chi connectivity index (χ0v) is 14.5. The number of hydrogen-bond acceptors (Lipinski definition) is 3. The van der Waals surface area contributed by atoms with Gasteiger partial charge in [0.1, 0.15) is 6.04 Å². The minimum absolute atomic E-state index is 0.0644. The van der Waals surface area contributed by atoms with E-state index in [1.54, 1.807) is 12.1 Å². The Kier molecular flexibility index (Phi) is 7.09. The molecule has 1 aromatic rings. The summed E-state index contributed by atoms with van der Waals surface area (Å²) in [6.07, 6.45) is 0.113. The van der Waals surface area contributed by atoms with Crippen LogP contribution in [0.2, 0.25) is 0 Å². The van der Waals surface area contributed by atoms with Crippen LogP contribution >= 0.6 is 38.5 Å². The fourth-order valence-electron chi connectivity index (χ4n) is 1.62. The molecule has 0 aliphatic heterocycles. The van der Waals surface area contributed by atoms with Crippen molar-refractivity contribution in [1.82, 2.24) is 5.32 Å². The van der Waals surface area contributed by atoms with Crippen LogP contribution in [-0.2, 0) is 9.59 Å². The first kappa shape index (κ1) is 17.9. The molecule has 0 fully saturated rings. The predicted molar refractivity (Wildman–Crippen MR) is 87.2 cm³/mol. The minimum atomic E-state index is -1.18. The lowest BCUT2D eigenvalue weighted by molar-refractivity contribution is -0.140. The maximum Gasteiger partial charge on any atom is 0.326 e. The van der Waals surface area contributed by atoms with Gasteiger partial charge >= 0.3 is 11.9 Å². The summed E-state index contributed by atoms with van der Waals surface area (Å²) in [6.45, 7) is 0. The molecule has 1 atom stereocenters. The molecular weight excluding hydrogens is 457 g/mol. The Labute approximate surface area is 143 Å². The van der Waals surface area contributed by atoms with Gasteiger partial charge in [-0.25, -0.2) is 4.79 Å². The van der Waals surface area contributed by atoms with Gasteiger partial charge in [0.15, 0.2) is 0 Å². The van der Waals surface area contributed by atoms with Gasteiger partial charge in [0, 0.05) is 14.5 Å². The molecule has 8 heteroatoms. The molecule has 0 bridgehead atoms. The molecule has 0 saturated carbocycles. The van der Waals surface area contributed by atoms with E-state index < -0.39 is 23.9 Å². The second-order valence-electron chi connectivity index (χ2n) is 4.27. The Balaban J connectivity index is 2.74. The molecule has 3 N–H and O–H groups in total. The Hall–Kier alpha value is -1.16. The van der Waals surface area contributed by atoms with E-state index in [0.29, 0.717) is 10.0 Å². The highest BCUT2D eigenvalue weighted by molar-refractivity contribution is 14.1. The number of amides is 1. The third kappa shape index (κ3) is 6.00. The van der Waals surface area contributed by atoms with Crippen molar-refractivity contribution in [3.8, 4) is 0 Å². The molecule has 6 nitrogen and oxygen atoms in total. The second kappa shape index (κ2) is 8.32. The highest BCUT2D eigenvalue weighted by Gasteiger charge is 2.21. The summed E-state index contributed by atoms with van der Waals surface area (Å²) in [5.74, 6) is -2.69. The molecule has 0 aliphatic carbocycles. The van der Waals surface area contributed by atoms with Crippen LogP contribution in [0.3, 0.4) is 0 Å². The zero-order chi connectivity index (χ0) is 16.0. The number of benzene rings is 1. The molecule has 0 spiro atoms. The number of carbonyl (C=O) groups excluding carboxylic acids is 1. The van der Waals surface area contributed by atoms with Crippen molar-refractivity contribution in [3.05, 3.63) is 31.8 Å². The molecule has 114 valence electrons. The van der Waals surface area contributed by atoms with E-state index in [-0.39, 0.29) is 19.3 Å². The molecule has 0 unspecified atom stereocenters. The van der Waals surface area contributed by atoms with Crippen molar-refractivity contribution in [3.63, 3.8) is 0 Å². The SMILES string of the molecule is O=C(O)CCC[C@@H](NC(=O)c1cc(I)ccc1Br)C(=O)O. The minimum Gasteiger partial charge on any atom is -0.481 e. The normalized spacial score (nSPS) is 11.7. The Morgan fingerprint density at radius 3 is 2.52 bits per heavy atom. The van der Waals surface area contributed by atoms with Gasteiger partial charge in [-0.3, -0.25) is 9.59 Å². The lowest BCUT2D eigenvalue weighted by Gasteiger charge is -2.15. The van der Waals surface area contributed by atoms with Crippen molar-refractivity contribution in [2.24, 2.45) is 0 Å². The van der Waals surface area contributed by atoms with Gasteiger partial charge in [-0.2, -0.15) is 0 Å². The van der Waals surface area contributed by atoms with Crippen molar-refractivity contribution >= 4 is 56.4 Å². The van der Waals surface area contributed by atoms with Crippen LogP contribution in [0, 0.1) is 3.57 Å². The maximum absolute atomic E-state index is 12.1. The lowest BCUT2D eigenvalue weighted by atomic mass is 10.1. The first-order valence-corrected chi connectivity index (χ1v) is 7.89. The fraction of sp³-hybridized carbons (Fsp3) is 0.308. The number of carboxylic acid groups (broad SMARTS) is 2. The average molecular weight is 470 g/mol. The number of nitrogens with one attached hydrogen (secondary N) is 1. The highest BCUT2D eigenvalue weighted by Crippen LogP contribution is 2.19. The van der Waals surface area contributed by atoms with Crippen LogP contribution in [0.25, 0.3) is 0 Å². The molecule has 0 heterocycles. The summed E-state index contributed by atoms with van der Waals surface area (Å²) in [7, 11) is 0. The third-order valence-corrected chi connectivity index (χ3v) is 4.02. The van der Waals surface area contributed by atoms with Crippen LogP contribution < -0.4 is 5.32 Å². The first-order valence-electron chi connectivity index (χ1n) is 6.01. The summed E-state index contributed by atoms with van der Waals surface area (Å²) in [6, 6.07) is 4.04. The maximum atomic E-state index is 12.1.